The summed E-state index contributed by atoms with van der Waals surface area (Å²) in [6.07, 6.45) is 8.76. The van der Waals surface area contributed by atoms with E-state index in [1.165, 1.54) is 25.7 Å². The van der Waals surface area contributed by atoms with E-state index in [1.807, 2.05) is 0 Å². The zero-order chi connectivity index (χ0) is 10.3. The van der Waals surface area contributed by atoms with Crippen LogP contribution in [0.15, 0.2) is 0 Å². The SMILES string of the molecule is CCCCCCNCC1(F)CCCC1. The third-order valence-corrected chi connectivity index (χ3v) is 3.15. The predicted molar refractivity (Wildman–Crippen MR) is 59.3 cm³/mol. The molecule has 1 aliphatic carbocycles. The van der Waals surface area contributed by atoms with Crippen molar-refractivity contribution in [3.63, 3.8) is 0 Å². The number of hydrogen-bond acceptors (Lipinski definition) is 1. The Balaban J connectivity index is 1.92. The molecule has 0 aromatic carbocycles. The summed E-state index contributed by atoms with van der Waals surface area (Å²) in [6, 6.07) is 0. The fourth-order valence-electron chi connectivity index (χ4n) is 2.17. The van der Waals surface area contributed by atoms with Crippen LogP contribution in [0.4, 0.5) is 4.39 Å². The number of rotatable bonds is 7. The average Bonchev–Trinajstić information content (AvgIpc) is 2.59. The van der Waals surface area contributed by atoms with Crippen molar-refractivity contribution in [1.29, 1.82) is 0 Å². The Hall–Kier alpha value is -0.110. The molecule has 0 bridgehead atoms. The molecule has 0 unspecified atom stereocenters. The summed E-state index contributed by atoms with van der Waals surface area (Å²) in [6.45, 7) is 3.79. The molecule has 0 amide bonds. The van der Waals surface area contributed by atoms with Crippen molar-refractivity contribution in [2.24, 2.45) is 0 Å². The van der Waals surface area contributed by atoms with Crippen LogP contribution >= 0.6 is 0 Å². The van der Waals surface area contributed by atoms with Gasteiger partial charge in [0.1, 0.15) is 5.67 Å². The lowest BCUT2D eigenvalue weighted by molar-refractivity contribution is 0.168. The molecular formula is C12H24FN. The van der Waals surface area contributed by atoms with E-state index in [9.17, 15) is 4.39 Å². The van der Waals surface area contributed by atoms with Crippen molar-refractivity contribution >= 4 is 0 Å². The maximum absolute atomic E-state index is 13.8. The fraction of sp³-hybridized carbons (Fsp3) is 1.00. The van der Waals surface area contributed by atoms with Crippen LogP contribution in [0.1, 0.15) is 58.3 Å². The van der Waals surface area contributed by atoms with Crippen LogP contribution in [0.2, 0.25) is 0 Å². The second kappa shape index (κ2) is 6.39. The van der Waals surface area contributed by atoms with Gasteiger partial charge >= 0.3 is 0 Å². The van der Waals surface area contributed by atoms with Gasteiger partial charge in [-0.05, 0) is 25.8 Å². The molecule has 1 rings (SSSR count). The molecule has 1 aliphatic rings. The summed E-state index contributed by atoms with van der Waals surface area (Å²) >= 11 is 0. The van der Waals surface area contributed by atoms with Gasteiger partial charge in [-0.25, -0.2) is 4.39 Å². The molecule has 1 N–H and O–H groups in total. The second-order valence-electron chi connectivity index (χ2n) is 4.60. The summed E-state index contributed by atoms with van der Waals surface area (Å²) in [5, 5.41) is 3.25. The van der Waals surface area contributed by atoms with Gasteiger partial charge in [-0.1, -0.05) is 39.0 Å². The van der Waals surface area contributed by atoms with E-state index in [0.29, 0.717) is 6.54 Å². The molecule has 1 fully saturated rings. The van der Waals surface area contributed by atoms with Crippen molar-refractivity contribution in [2.45, 2.75) is 64.0 Å². The van der Waals surface area contributed by atoms with Crippen LogP contribution in [0.25, 0.3) is 0 Å². The minimum absolute atomic E-state index is 0.582. The van der Waals surface area contributed by atoms with Gasteiger partial charge in [-0.3, -0.25) is 0 Å². The predicted octanol–water partition coefficient (Wildman–Crippen LogP) is 3.44. The normalized spacial score (nSPS) is 20.1. The summed E-state index contributed by atoms with van der Waals surface area (Å²) in [5.74, 6) is 0. The maximum Gasteiger partial charge on any atom is 0.123 e. The zero-order valence-electron chi connectivity index (χ0n) is 9.45. The highest BCUT2D eigenvalue weighted by atomic mass is 19.1. The van der Waals surface area contributed by atoms with Crippen molar-refractivity contribution in [3.05, 3.63) is 0 Å². The van der Waals surface area contributed by atoms with Gasteiger partial charge in [0, 0.05) is 6.54 Å². The summed E-state index contributed by atoms with van der Waals surface area (Å²) in [7, 11) is 0. The van der Waals surface area contributed by atoms with Crippen LogP contribution in [0.3, 0.4) is 0 Å². The molecule has 1 saturated carbocycles. The lowest BCUT2D eigenvalue weighted by Gasteiger charge is -2.19. The largest absolute Gasteiger partial charge is 0.314 e. The van der Waals surface area contributed by atoms with E-state index >= 15 is 0 Å². The Bertz CT molecular complexity index is 141. The van der Waals surface area contributed by atoms with Gasteiger partial charge in [0.2, 0.25) is 0 Å². The van der Waals surface area contributed by atoms with Gasteiger partial charge in [0.05, 0.1) is 0 Å². The Labute approximate surface area is 87.5 Å². The van der Waals surface area contributed by atoms with Crippen molar-refractivity contribution in [1.82, 2.24) is 5.32 Å². The minimum Gasteiger partial charge on any atom is -0.314 e. The molecule has 0 aliphatic heterocycles. The minimum atomic E-state index is -0.870. The molecule has 2 heteroatoms. The van der Waals surface area contributed by atoms with E-state index in [1.54, 1.807) is 0 Å². The Kier molecular flexibility index (Phi) is 5.46. The van der Waals surface area contributed by atoms with Crippen molar-refractivity contribution in [2.75, 3.05) is 13.1 Å². The van der Waals surface area contributed by atoms with Crippen molar-refractivity contribution in [3.8, 4) is 0 Å². The number of unbranched alkanes of at least 4 members (excludes halogenated alkanes) is 3. The highest BCUT2D eigenvalue weighted by Gasteiger charge is 2.32. The van der Waals surface area contributed by atoms with Crippen LogP contribution in [0, 0.1) is 0 Å². The van der Waals surface area contributed by atoms with E-state index in [0.717, 1.165) is 32.2 Å². The molecule has 0 spiro atoms. The zero-order valence-corrected chi connectivity index (χ0v) is 9.45. The summed E-state index contributed by atoms with van der Waals surface area (Å²) in [4.78, 5) is 0. The molecule has 0 heterocycles. The van der Waals surface area contributed by atoms with Crippen LogP contribution in [0.5, 0.6) is 0 Å². The lowest BCUT2D eigenvalue weighted by atomic mass is 10.1. The first-order valence-electron chi connectivity index (χ1n) is 6.16. The van der Waals surface area contributed by atoms with E-state index in [-0.39, 0.29) is 0 Å². The average molecular weight is 201 g/mol. The topological polar surface area (TPSA) is 12.0 Å². The molecule has 84 valence electrons. The van der Waals surface area contributed by atoms with E-state index < -0.39 is 5.67 Å². The first kappa shape index (κ1) is 12.0. The van der Waals surface area contributed by atoms with Gasteiger partial charge < -0.3 is 5.32 Å². The lowest BCUT2D eigenvalue weighted by Crippen LogP contribution is -2.34. The fourth-order valence-corrected chi connectivity index (χ4v) is 2.17. The molecule has 1 nitrogen and oxygen atoms in total. The van der Waals surface area contributed by atoms with Crippen molar-refractivity contribution < 1.29 is 4.39 Å². The Morgan fingerprint density at radius 1 is 1.14 bits per heavy atom. The molecule has 14 heavy (non-hydrogen) atoms. The van der Waals surface area contributed by atoms with Gasteiger partial charge in [0.25, 0.3) is 0 Å². The van der Waals surface area contributed by atoms with Crippen LogP contribution in [-0.2, 0) is 0 Å². The number of nitrogens with one attached hydrogen (secondary N) is 1. The van der Waals surface area contributed by atoms with Crippen LogP contribution in [-0.4, -0.2) is 18.8 Å². The van der Waals surface area contributed by atoms with Crippen LogP contribution < -0.4 is 5.32 Å². The third-order valence-electron chi connectivity index (χ3n) is 3.15. The maximum atomic E-state index is 13.8. The summed E-state index contributed by atoms with van der Waals surface area (Å²) in [5.41, 5.74) is -0.870. The molecule has 0 saturated heterocycles. The molecule has 0 atom stereocenters. The second-order valence-corrected chi connectivity index (χ2v) is 4.60. The third kappa shape index (κ3) is 4.41. The Morgan fingerprint density at radius 3 is 2.50 bits per heavy atom. The van der Waals surface area contributed by atoms with E-state index in [4.69, 9.17) is 0 Å². The highest BCUT2D eigenvalue weighted by molar-refractivity contribution is 4.86. The van der Waals surface area contributed by atoms with E-state index in [2.05, 4.69) is 12.2 Å². The van der Waals surface area contributed by atoms with Gasteiger partial charge in [-0.2, -0.15) is 0 Å². The molecule has 0 aromatic heterocycles. The number of alkyl halides is 1. The summed E-state index contributed by atoms with van der Waals surface area (Å²) < 4.78 is 13.8. The molecule has 0 radical (unpaired) electrons. The first-order chi connectivity index (χ1) is 6.77. The smallest absolute Gasteiger partial charge is 0.123 e. The number of hydrogen-bond donors (Lipinski definition) is 1. The molecule has 0 aromatic rings. The first-order valence-corrected chi connectivity index (χ1v) is 6.16. The van der Waals surface area contributed by atoms with Gasteiger partial charge in [-0.15, -0.1) is 0 Å². The monoisotopic (exact) mass is 201 g/mol. The quantitative estimate of drug-likeness (QED) is 0.622. The standard InChI is InChI=1S/C12H24FN/c1-2-3-4-7-10-14-11-12(13)8-5-6-9-12/h14H,2-11H2,1H3. The highest BCUT2D eigenvalue weighted by Crippen LogP contribution is 2.32. The van der Waals surface area contributed by atoms with Gasteiger partial charge in [0.15, 0.2) is 0 Å². The molecular weight excluding hydrogens is 177 g/mol. The number of halogens is 1. The Morgan fingerprint density at radius 2 is 1.86 bits per heavy atom.